The van der Waals surface area contributed by atoms with Crippen molar-refractivity contribution < 1.29 is 24.2 Å². The highest BCUT2D eigenvalue weighted by molar-refractivity contribution is 6.01. The maximum absolute atomic E-state index is 12.6. The number of hydrogen-bond donors (Lipinski definition) is 3. The topological polar surface area (TPSA) is 111 Å². The summed E-state index contributed by atoms with van der Waals surface area (Å²) < 4.78 is 5.51. The van der Waals surface area contributed by atoms with Crippen molar-refractivity contribution in [2.45, 2.75) is 32.7 Å². The zero-order valence-electron chi connectivity index (χ0n) is 22.8. The molecule has 0 radical (unpaired) electrons. The van der Waals surface area contributed by atoms with Crippen molar-refractivity contribution in [3.05, 3.63) is 83.9 Å². The van der Waals surface area contributed by atoms with E-state index >= 15 is 0 Å². The van der Waals surface area contributed by atoms with Crippen LogP contribution in [0, 0.1) is 6.92 Å². The van der Waals surface area contributed by atoms with Gasteiger partial charge in [-0.05, 0) is 49.7 Å². The molecule has 39 heavy (non-hydrogen) atoms. The van der Waals surface area contributed by atoms with Gasteiger partial charge >= 0.3 is 12.0 Å². The highest BCUT2D eigenvalue weighted by atomic mass is 16.5. The molecule has 3 N–H and O–H groups in total. The molecule has 1 atom stereocenters. The van der Waals surface area contributed by atoms with Gasteiger partial charge in [0, 0.05) is 43.5 Å². The molecular formula is C30H36N4O5. The van der Waals surface area contributed by atoms with Gasteiger partial charge in [0.25, 0.3) is 0 Å². The monoisotopic (exact) mass is 532 g/mol. The highest BCUT2D eigenvalue weighted by Crippen LogP contribution is 2.31. The molecule has 9 heteroatoms. The molecule has 206 valence electrons. The molecule has 9 nitrogen and oxygen atoms in total. The number of carbonyl (C=O) groups is 3. The third-order valence-electron chi connectivity index (χ3n) is 6.50. The Balaban J connectivity index is 1.66. The number of aliphatic carboxylic acids is 1. The van der Waals surface area contributed by atoms with Crippen molar-refractivity contribution in [2.24, 2.45) is 0 Å². The largest absolute Gasteiger partial charge is 0.494 e. The molecule has 0 saturated carbocycles. The molecule has 0 aliphatic heterocycles. The van der Waals surface area contributed by atoms with Crippen LogP contribution in [0.2, 0.25) is 0 Å². The molecule has 0 aromatic heterocycles. The SMILES string of the molecule is COc1cc(N(CCCN(C)C(CC(=O)O)c2ccccc2)C(C)=O)ccc1NC(=O)Nc1ccccc1C. The Kier molecular flexibility index (Phi) is 10.5. The lowest BCUT2D eigenvalue weighted by molar-refractivity contribution is -0.138. The number of carboxylic acids is 1. The van der Waals surface area contributed by atoms with Crippen molar-refractivity contribution >= 4 is 35.0 Å². The number of aryl methyl sites for hydroxylation is 1. The second-order valence-corrected chi connectivity index (χ2v) is 9.31. The zero-order valence-corrected chi connectivity index (χ0v) is 22.8. The second-order valence-electron chi connectivity index (χ2n) is 9.31. The second kappa shape index (κ2) is 14.0. The summed E-state index contributed by atoms with van der Waals surface area (Å²) in [6, 6.07) is 21.5. The molecule has 0 aliphatic rings. The number of methoxy groups -OCH3 is 1. The number of carboxylic acid groups (broad SMARTS) is 1. The number of rotatable bonds is 12. The van der Waals surface area contributed by atoms with E-state index in [2.05, 4.69) is 10.6 Å². The third-order valence-corrected chi connectivity index (χ3v) is 6.50. The summed E-state index contributed by atoms with van der Waals surface area (Å²) in [4.78, 5) is 40.2. The molecule has 3 amide bonds. The van der Waals surface area contributed by atoms with Gasteiger partial charge < -0.3 is 25.4 Å². The molecule has 3 aromatic carbocycles. The average molecular weight is 533 g/mol. The van der Waals surface area contributed by atoms with Gasteiger partial charge in [0.2, 0.25) is 5.91 Å². The molecule has 0 spiro atoms. The minimum absolute atomic E-state index is 0.0139. The van der Waals surface area contributed by atoms with Crippen molar-refractivity contribution in [1.29, 1.82) is 0 Å². The fraction of sp³-hybridized carbons (Fsp3) is 0.300. The van der Waals surface area contributed by atoms with E-state index in [1.807, 2.05) is 73.5 Å². The van der Waals surface area contributed by atoms with E-state index in [0.29, 0.717) is 42.3 Å². The van der Waals surface area contributed by atoms with Crippen LogP contribution in [-0.4, -0.2) is 55.2 Å². The Morgan fingerprint density at radius 1 is 0.923 bits per heavy atom. The Morgan fingerprint density at radius 3 is 2.23 bits per heavy atom. The van der Waals surface area contributed by atoms with E-state index in [9.17, 15) is 19.5 Å². The van der Waals surface area contributed by atoms with Gasteiger partial charge in [-0.25, -0.2) is 4.79 Å². The first kappa shape index (κ1) is 29.2. The summed E-state index contributed by atoms with van der Waals surface area (Å²) in [5, 5.41) is 15.0. The first-order chi connectivity index (χ1) is 18.7. The summed E-state index contributed by atoms with van der Waals surface area (Å²) >= 11 is 0. The van der Waals surface area contributed by atoms with Gasteiger partial charge in [0.05, 0.1) is 19.2 Å². The molecule has 3 rings (SSSR count). The number of amides is 3. The van der Waals surface area contributed by atoms with E-state index in [1.165, 1.54) is 14.0 Å². The van der Waals surface area contributed by atoms with Gasteiger partial charge in [0.15, 0.2) is 0 Å². The van der Waals surface area contributed by atoms with E-state index in [-0.39, 0.29) is 18.4 Å². The summed E-state index contributed by atoms with van der Waals surface area (Å²) in [6.07, 6.45) is 0.611. The van der Waals surface area contributed by atoms with Crippen molar-refractivity contribution in [3.63, 3.8) is 0 Å². The van der Waals surface area contributed by atoms with Crippen LogP contribution in [0.25, 0.3) is 0 Å². The fourth-order valence-electron chi connectivity index (χ4n) is 4.41. The smallest absolute Gasteiger partial charge is 0.323 e. The van der Waals surface area contributed by atoms with Crippen LogP contribution in [0.5, 0.6) is 5.75 Å². The number of carbonyl (C=O) groups excluding carboxylic acids is 2. The quantitative estimate of drug-likeness (QED) is 0.283. The molecule has 0 aliphatic carbocycles. The van der Waals surface area contributed by atoms with Crippen LogP contribution in [0.3, 0.4) is 0 Å². The number of nitrogens with zero attached hydrogens (tertiary/aromatic N) is 2. The molecule has 0 saturated heterocycles. The number of ether oxygens (including phenoxy) is 1. The summed E-state index contributed by atoms with van der Waals surface area (Å²) in [5.74, 6) is -0.585. The Bertz CT molecular complexity index is 1280. The maximum atomic E-state index is 12.6. The van der Waals surface area contributed by atoms with Crippen molar-refractivity contribution in [2.75, 3.05) is 42.8 Å². The van der Waals surface area contributed by atoms with E-state index in [0.717, 1.165) is 11.1 Å². The summed E-state index contributed by atoms with van der Waals surface area (Å²) in [6.45, 7) is 4.42. The molecule has 0 heterocycles. The number of benzene rings is 3. The van der Waals surface area contributed by atoms with Gasteiger partial charge in [-0.15, -0.1) is 0 Å². The number of para-hydroxylation sites is 1. The highest BCUT2D eigenvalue weighted by Gasteiger charge is 2.21. The van der Waals surface area contributed by atoms with E-state index in [1.54, 1.807) is 23.1 Å². The van der Waals surface area contributed by atoms with Gasteiger partial charge in [-0.3, -0.25) is 14.5 Å². The molecule has 1 unspecified atom stereocenters. The van der Waals surface area contributed by atoms with Crippen LogP contribution in [-0.2, 0) is 9.59 Å². The van der Waals surface area contributed by atoms with Crippen LogP contribution < -0.4 is 20.3 Å². The summed E-state index contributed by atoms with van der Waals surface area (Å²) in [7, 11) is 3.40. The van der Waals surface area contributed by atoms with Crippen LogP contribution in [0.15, 0.2) is 72.8 Å². The molecule has 0 fully saturated rings. The predicted octanol–water partition coefficient (Wildman–Crippen LogP) is 5.54. The average Bonchev–Trinajstić information content (AvgIpc) is 2.91. The molecule has 0 bridgehead atoms. The lowest BCUT2D eigenvalue weighted by Gasteiger charge is -2.29. The Hall–Kier alpha value is -4.37. The number of nitrogens with one attached hydrogen (secondary N) is 2. The maximum Gasteiger partial charge on any atom is 0.323 e. The van der Waals surface area contributed by atoms with Crippen molar-refractivity contribution in [1.82, 2.24) is 4.90 Å². The number of urea groups is 1. The van der Waals surface area contributed by atoms with Crippen molar-refractivity contribution in [3.8, 4) is 5.75 Å². The first-order valence-electron chi connectivity index (χ1n) is 12.8. The Morgan fingerprint density at radius 2 is 1.59 bits per heavy atom. The fourth-order valence-corrected chi connectivity index (χ4v) is 4.41. The Labute approximate surface area is 229 Å². The third kappa shape index (κ3) is 8.31. The number of anilines is 3. The lowest BCUT2D eigenvalue weighted by atomic mass is 10.0. The van der Waals surface area contributed by atoms with Crippen LogP contribution in [0.4, 0.5) is 21.9 Å². The molecular weight excluding hydrogens is 496 g/mol. The van der Waals surface area contributed by atoms with E-state index in [4.69, 9.17) is 4.74 Å². The first-order valence-corrected chi connectivity index (χ1v) is 12.8. The zero-order chi connectivity index (χ0) is 28.4. The van der Waals surface area contributed by atoms with Crippen LogP contribution in [0.1, 0.15) is 36.9 Å². The minimum atomic E-state index is -0.866. The van der Waals surface area contributed by atoms with Crippen LogP contribution >= 0.6 is 0 Å². The minimum Gasteiger partial charge on any atom is -0.494 e. The summed E-state index contributed by atoms with van der Waals surface area (Å²) in [5.41, 5.74) is 3.68. The van der Waals surface area contributed by atoms with Gasteiger partial charge in [-0.2, -0.15) is 0 Å². The normalized spacial score (nSPS) is 11.5. The standard InChI is InChI=1S/C30H36N4O5/c1-21-11-8-9-14-25(21)31-30(38)32-26-16-15-24(19-28(26)39-4)34(22(2)35)18-10-17-33(3)27(20-29(36)37)23-12-6-5-7-13-23/h5-9,11-16,19,27H,10,17-18,20H2,1-4H3,(H,36,37)(H2,31,32,38). The van der Waals surface area contributed by atoms with Gasteiger partial charge in [0.1, 0.15) is 5.75 Å². The van der Waals surface area contributed by atoms with Gasteiger partial charge in [-0.1, -0.05) is 48.5 Å². The number of hydrogen-bond acceptors (Lipinski definition) is 5. The molecule has 3 aromatic rings. The van der Waals surface area contributed by atoms with E-state index < -0.39 is 12.0 Å². The predicted molar refractivity (Wildman–Crippen MR) is 154 cm³/mol. The lowest BCUT2D eigenvalue weighted by Crippen LogP contribution is -2.33.